The van der Waals surface area contributed by atoms with E-state index in [4.69, 9.17) is 0 Å². The van der Waals surface area contributed by atoms with E-state index < -0.39 is 0 Å². The minimum Gasteiger partial charge on any atom is -0.103 e. The van der Waals surface area contributed by atoms with Crippen LogP contribution in [0.3, 0.4) is 0 Å². The largest absolute Gasteiger partial charge is 0.103 e. The van der Waals surface area contributed by atoms with Gasteiger partial charge in [-0.1, -0.05) is 6.08 Å². The standard InChI is InChI=1S/C10H14/c1-2-10-4-7-3-8(5-10)9(7)6-10/h2,7-9H,1,3-6H2. The molecule has 3 rings (SSSR count). The summed E-state index contributed by atoms with van der Waals surface area (Å²) in [7, 11) is 0. The van der Waals surface area contributed by atoms with Crippen LogP contribution in [0.1, 0.15) is 25.7 Å². The highest BCUT2D eigenvalue weighted by Gasteiger charge is 2.60. The van der Waals surface area contributed by atoms with Crippen LogP contribution in [0, 0.1) is 23.2 Å². The Hall–Kier alpha value is -0.260. The molecule has 0 nitrogen and oxygen atoms in total. The number of fused-ring (bicyclic) bond motifs is 1. The van der Waals surface area contributed by atoms with Crippen molar-refractivity contribution >= 4 is 0 Å². The van der Waals surface area contributed by atoms with Crippen molar-refractivity contribution in [2.75, 3.05) is 0 Å². The zero-order valence-corrected chi connectivity index (χ0v) is 6.34. The van der Waals surface area contributed by atoms with E-state index in [1.165, 1.54) is 19.3 Å². The normalized spacial score (nSPS) is 62.2. The first kappa shape index (κ1) is 5.40. The van der Waals surface area contributed by atoms with Gasteiger partial charge in [0.15, 0.2) is 0 Å². The van der Waals surface area contributed by atoms with E-state index in [0.717, 1.165) is 17.8 Å². The molecule has 10 heavy (non-hydrogen) atoms. The van der Waals surface area contributed by atoms with Crippen LogP contribution in [0.15, 0.2) is 12.7 Å². The van der Waals surface area contributed by atoms with Crippen molar-refractivity contribution in [2.24, 2.45) is 23.2 Å². The summed E-state index contributed by atoms with van der Waals surface area (Å²) < 4.78 is 0. The molecule has 0 saturated heterocycles. The van der Waals surface area contributed by atoms with Gasteiger partial charge in [-0.25, -0.2) is 0 Å². The summed E-state index contributed by atoms with van der Waals surface area (Å²) in [6.07, 6.45) is 8.26. The Morgan fingerprint density at radius 3 is 2.20 bits per heavy atom. The fourth-order valence-corrected chi connectivity index (χ4v) is 3.74. The number of rotatable bonds is 1. The summed E-state index contributed by atoms with van der Waals surface area (Å²) >= 11 is 0. The Bertz CT molecular complexity index is 175. The van der Waals surface area contributed by atoms with Crippen LogP contribution in [0.2, 0.25) is 0 Å². The molecule has 3 aliphatic carbocycles. The van der Waals surface area contributed by atoms with E-state index in [0.29, 0.717) is 5.41 Å². The average molecular weight is 134 g/mol. The Morgan fingerprint density at radius 2 is 1.90 bits per heavy atom. The molecule has 0 aliphatic heterocycles. The Kier molecular flexibility index (Phi) is 0.725. The van der Waals surface area contributed by atoms with Crippen molar-refractivity contribution in [1.29, 1.82) is 0 Å². The summed E-state index contributed by atoms with van der Waals surface area (Å²) in [5, 5.41) is 0. The van der Waals surface area contributed by atoms with E-state index >= 15 is 0 Å². The number of hydrogen-bond donors (Lipinski definition) is 0. The Balaban J connectivity index is 2.01. The monoisotopic (exact) mass is 134 g/mol. The van der Waals surface area contributed by atoms with Gasteiger partial charge in [0.05, 0.1) is 0 Å². The van der Waals surface area contributed by atoms with Crippen molar-refractivity contribution in [3.63, 3.8) is 0 Å². The fourth-order valence-electron chi connectivity index (χ4n) is 3.74. The van der Waals surface area contributed by atoms with E-state index in [1.807, 2.05) is 0 Å². The van der Waals surface area contributed by atoms with Crippen molar-refractivity contribution in [3.05, 3.63) is 12.7 Å². The van der Waals surface area contributed by atoms with Crippen LogP contribution in [0.25, 0.3) is 0 Å². The first-order chi connectivity index (χ1) is 4.83. The molecule has 54 valence electrons. The minimum absolute atomic E-state index is 0.637. The second-order valence-electron chi connectivity index (χ2n) is 4.60. The van der Waals surface area contributed by atoms with Crippen molar-refractivity contribution in [2.45, 2.75) is 25.7 Å². The maximum absolute atomic E-state index is 3.97. The van der Waals surface area contributed by atoms with Gasteiger partial charge in [-0.3, -0.25) is 0 Å². The summed E-state index contributed by atoms with van der Waals surface area (Å²) in [6.45, 7) is 3.97. The van der Waals surface area contributed by atoms with Crippen LogP contribution < -0.4 is 0 Å². The molecule has 2 atom stereocenters. The van der Waals surface area contributed by atoms with Gasteiger partial charge in [-0.2, -0.15) is 0 Å². The molecule has 3 saturated carbocycles. The lowest BCUT2D eigenvalue weighted by Gasteiger charge is -2.44. The van der Waals surface area contributed by atoms with Gasteiger partial charge in [0.2, 0.25) is 0 Å². The third-order valence-corrected chi connectivity index (χ3v) is 4.23. The lowest BCUT2D eigenvalue weighted by molar-refractivity contribution is 0.0701. The molecule has 0 heterocycles. The average Bonchev–Trinajstić information content (AvgIpc) is 2.41. The highest BCUT2D eigenvalue weighted by atomic mass is 14.6. The van der Waals surface area contributed by atoms with Gasteiger partial charge in [-0.05, 0) is 48.9 Å². The predicted octanol–water partition coefficient (Wildman–Crippen LogP) is 2.61. The smallest absolute Gasteiger partial charge is 0.0113 e. The zero-order valence-electron chi connectivity index (χ0n) is 6.34. The minimum atomic E-state index is 0.637. The molecule has 0 aromatic rings. The van der Waals surface area contributed by atoms with Gasteiger partial charge in [0.1, 0.15) is 0 Å². The second-order valence-corrected chi connectivity index (χ2v) is 4.60. The van der Waals surface area contributed by atoms with Gasteiger partial charge >= 0.3 is 0 Å². The molecule has 0 amide bonds. The van der Waals surface area contributed by atoms with E-state index in [2.05, 4.69) is 12.7 Å². The Labute approximate surface area is 62.3 Å². The molecular formula is C10H14. The first-order valence-electron chi connectivity index (χ1n) is 4.47. The fraction of sp³-hybridized carbons (Fsp3) is 0.800. The van der Waals surface area contributed by atoms with Crippen LogP contribution >= 0.6 is 0 Å². The molecule has 0 N–H and O–H groups in total. The van der Waals surface area contributed by atoms with Gasteiger partial charge < -0.3 is 0 Å². The van der Waals surface area contributed by atoms with Gasteiger partial charge in [0.25, 0.3) is 0 Å². The van der Waals surface area contributed by atoms with Crippen LogP contribution in [-0.4, -0.2) is 0 Å². The first-order valence-corrected chi connectivity index (χ1v) is 4.47. The van der Waals surface area contributed by atoms with Crippen LogP contribution in [0.5, 0.6) is 0 Å². The number of hydrogen-bond acceptors (Lipinski definition) is 0. The highest BCUT2D eigenvalue weighted by molar-refractivity contribution is 5.16. The maximum Gasteiger partial charge on any atom is -0.0113 e. The molecule has 3 fully saturated rings. The van der Waals surface area contributed by atoms with Gasteiger partial charge in [0, 0.05) is 0 Å². The molecule has 0 spiro atoms. The number of allylic oxidation sites excluding steroid dienone is 1. The molecule has 0 aromatic heterocycles. The zero-order chi connectivity index (χ0) is 6.77. The molecular weight excluding hydrogens is 120 g/mol. The summed E-state index contributed by atoms with van der Waals surface area (Å²) in [6, 6.07) is 0. The van der Waals surface area contributed by atoms with E-state index in [1.54, 1.807) is 6.42 Å². The molecule has 3 aliphatic rings. The maximum atomic E-state index is 3.97. The quantitative estimate of drug-likeness (QED) is 0.483. The summed E-state index contributed by atoms with van der Waals surface area (Å²) in [5.74, 6) is 3.38. The summed E-state index contributed by atoms with van der Waals surface area (Å²) in [5.41, 5.74) is 0.637. The van der Waals surface area contributed by atoms with Crippen LogP contribution in [0.4, 0.5) is 0 Å². The molecule has 2 bridgehead atoms. The van der Waals surface area contributed by atoms with E-state index in [-0.39, 0.29) is 0 Å². The Morgan fingerprint density at radius 1 is 1.20 bits per heavy atom. The lowest BCUT2D eigenvalue weighted by atomic mass is 9.61. The predicted molar refractivity (Wildman–Crippen MR) is 41.6 cm³/mol. The molecule has 2 unspecified atom stereocenters. The second kappa shape index (κ2) is 1.34. The van der Waals surface area contributed by atoms with Crippen LogP contribution in [-0.2, 0) is 0 Å². The van der Waals surface area contributed by atoms with Crippen molar-refractivity contribution < 1.29 is 0 Å². The van der Waals surface area contributed by atoms with Crippen molar-refractivity contribution in [1.82, 2.24) is 0 Å². The third-order valence-electron chi connectivity index (χ3n) is 4.23. The molecule has 0 heteroatoms. The third kappa shape index (κ3) is 0.398. The van der Waals surface area contributed by atoms with Gasteiger partial charge in [-0.15, -0.1) is 6.58 Å². The lowest BCUT2D eigenvalue weighted by Crippen LogP contribution is -2.35. The SMILES string of the molecule is C=CC12CC3CC(C1)C3C2. The molecule has 0 radical (unpaired) electrons. The van der Waals surface area contributed by atoms with E-state index in [9.17, 15) is 0 Å². The molecule has 0 aromatic carbocycles. The van der Waals surface area contributed by atoms with Crippen molar-refractivity contribution in [3.8, 4) is 0 Å². The topological polar surface area (TPSA) is 0 Å². The summed E-state index contributed by atoms with van der Waals surface area (Å²) in [4.78, 5) is 0. The highest BCUT2D eigenvalue weighted by Crippen LogP contribution is 2.69.